The molecule has 2 rings (SSSR count). The fraction of sp³-hybridized carbons (Fsp3) is 0.100. The van der Waals surface area contributed by atoms with E-state index >= 15 is 0 Å². The average molecular weight is 256 g/mol. The van der Waals surface area contributed by atoms with Crippen LogP contribution in [0.4, 0.5) is 19.1 Å². The van der Waals surface area contributed by atoms with Gasteiger partial charge in [-0.1, -0.05) is 12.1 Å². The molecule has 1 aromatic carbocycles. The molecule has 1 heterocycles. The Bertz CT molecular complexity index is 618. The van der Waals surface area contributed by atoms with Gasteiger partial charge in [0.05, 0.1) is 5.56 Å². The van der Waals surface area contributed by atoms with Gasteiger partial charge < -0.3 is 5.73 Å². The molecule has 0 unspecified atom stereocenters. The maximum absolute atomic E-state index is 12.3. The van der Waals surface area contributed by atoms with Gasteiger partial charge in [0.2, 0.25) is 5.95 Å². The Morgan fingerprint density at radius 1 is 1.11 bits per heavy atom. The van der Waals surface area contributed by atoms with Crippen molar-refractivity contribution >= 4 is 5.95 Å². The van der Waals surface area contributed by atoms with E-state index in [0.29, 0.717) is 5.56 Å². The molecule has 0 aliphatic carbocycles. The van der Waals surface area contributed by atoms with Crippen molar-refractivity contribution in [3.8, 4) is 11.4 Å². The van der Waals surface area contributed by atoms with E-state index in [0.717, 1.165) is 12.1 Å². The van der Waals surface area contributed by atoms with Crippen LogP contribution in [0.5, 0.6) is 0 Å². The number of nitrogens with two attached hydrogens (primary N) is 1. The van der Waals surface area contributed by atoms with E-state index in [1.54, 1.807) is 0 Å². The number of rotatable bonds is 1. The van der Waals surface area contributed by atoms with Gasteiger partial charge in [-0.3, -0.25) is 4.98 Å². The molecular weight excluding hydrogens is 249 g/mol. The molecule has 0 amide bonds. The first-order valence-corrected chi connectivity index (χ1v) is 4.78. The number of aromatic nitrogens is 3. The Morgan fingerprint density at radius 3 is 2.22 bits per heavy atom. The maximum atomic E-state index is 12.3. The molecular formula is C10H7F3N4O. The summed E-state index contributed by atoms with van der Waals surface area (Å²) in [5, 5.41) is 0. The van der Waals surface area contributed by atoms with E-state index < -0.39 is 17.4 Å². The van der Waals surface area contributed by atoms with Crippen molar-refractivity contribution < 1.29 is 13.2 Å². The zero-order valence-electron chi connectivity index (χ0n) is 8.82. The number of benzene rings is 1. The van der Waals surface area contributed by atoms with Crippen molar-refractivity contribution in [1.29, 1.82) is 0 Å². The third-order valence-electron chi connectivity index (χ3n) is 2.15. The smallest absolute Gasteiger partial charge is 0.368 e. The summed E-state index contributed by atoms with van der Waals surface area (Å²) in [6.07, 6.45) is -4.41. The molecule has 5 nitrogen and oxygen atoms in total. The maximum Gasteiger partial charge on any atom is 0.416 e. The molecule has 0 bridgehead atoms. The number of H-pyrrole nitrogens is 1. The van der Waals surface area contributed by atoms with Gasteiger partial charge in [-0.2, -0.15) is 23.1 Å². The largest absolute Gasteiger partial charge is 0.416 e. The van der Waals surface area contributed by atoms with Crippen molar-refractivity contribution in [2.45, 2.75) is 6.18 Å². The zero-order valence-corrected chi connectivity index (χ0v) is 8.82. The van der Waals surface area contributed by atoms with Crippen LogP contribution in [0.25, 0.3) is 11.4 Å². The van der Waals surface area contributed by atoms with Crippen molar-refractivity contribution in [3.05, 3.63) is 40.3 Å². The summed E-state index contributed by atoms with van der Waals surface area (Å²) in [7, 11) is 0. The summed E-state index contributed by atoms with van der Waals surface area (Å²) >= 11 is 0. The molecule has 0 saturated carbocycles. The zero-order chi connectivity index (χ0) is 13.3. The summed E-state index contributed by atoms with van der Waals surface area (Å²) in [5.74, 6) is -0.171. The second kappa shape index (κ2) is 4.13. The second-order valence-electron chi connectivity index (χ2n) is 3.44. The Morgan fingerprint density at radius 2 is 1.72 bits per heavy atom. The number of hydrogen-bond acceptors (Lipinski definition) is 4. The highest BCUT2D eigenvalue weighted by atomic mass is 19.4. The number of hydrogen-bond donors (Lipinski definition) is 2. The molecule has 1 aromatic heterocycles. The molecule has 8 heteroatoms. The minimum absolute atomic E-state index is 0.0706. The molecule has 2 aromatic rings. The van der Waals surface area contributed by atoms with Crippen LogP contribution in [-0.4, -0.2) is 15.0 Å². The molecule has 0 saturated heterocycles. The lowest BCUT2D eigenvalue weighted by Gasteiger charge is -2.07. The number of nitrogen functional groups attached to an aromatic ring is 1. The number of nitrogens with one attached hydrogen (secondary N) is 1. The lowest BCUT2D eigenvalue weighted by atomic mass is 10.1. The van der Waals surface area contributed by atoms with Gasteiger partial charge in [0.25, 0.3) is 0 Å². The monoisotopic (exact) mass is 256 g/mol. The SMILES string of the molecule is Nc1nc(-c2ccc(C(F)(F)F)cc2)[nH]c(=O)n1. The second-order valence-corrected chi connectivity index (χ2v) is 3.44. The van der Waals surface area contributed by atoms with E-state index in [-0.39, 0.29) is 11.8 Å². The van der Waals surface area contributed by atoms with Gasteiger partial charge in [0.15, 0.2) is 0 Å². The normalized spacial score (nSPS) is 11.5. The first-order valence-electron chi connectivity index (χ1n) is 4.78. The molecule has 0 aliphatic rings. The summed E-state index contributed by atoms with van der Waals surface area (Å²) in [6, 6.07) is 4.18. The Kier molecular flexibility index (Phi) is 2.77. The van der Waals surface area contributed by atoms with Crippen LogP contribution in [0.2, 0.25) is 0 Å². The van der Waals surface area contributed by atoms with Gasteiger partial charge in [0, 0.05) is 5.56 Å². The van der Waals surface area contributed by atoms with E-state index in [9.17, 15) is 18.0 Å². The molecule has 18 heavy (non-hydrogen) atoms. The lowest BCUT2D eigenvalue weighted by Crippen LogP contribution is -2.15. The molecule has 3 N–H and O–H groups in total. The van der Waals surface area contributed by atoms with Gasteiger partial charge >= 0.3 is 11.9 Å². The van der Waals surface area contributed by atoms with Crippen LogP contribution >= 0.6 is 0 Å². The van der Waals surface area contributed by atoms with Crippen molar-refractivity contribution in [2.24, 2.45) is 0 Å². The minimum atomic E-state index is -4.41. The van der Waals surface area contributed by atoms with Crippen LogP contribution in [0, 0.1) is 0 Å². The fourth-order valence-electron chi connectivity index (χ4n) is 1.35. The topological polar surface area (TPSA) is 84.7 Å². The van der Waals surface area contributed by atoms with Gasteiger partial charge in [0.1, 0.15) is 5.82 Å². The highest BCUT2D eigenvalue weighted by Gasteiger charge is 2.30. The Labute approximate surface area is 98.5 Å². The Hall–Kier alpha value is -2.38. The van der Waals surface area contributed by atoms with Crippen LogP contribution in [0.1, 0.15) is 5.56 Å². The van der Waals surface area contributed by atoms with Crippen LogP contribution < -0.4 is 11.4 Å². The predicted molar refractivity (Wildman–Crippen MR) is 57.5 cm³/mol. The average Bonchev–Trinajstić information content (AvgIpc) is 2.27. The third-order valence-corrected chi connectivity index (χ3v) is 2.15. The van der Waals surface area contributed by atoms with E-state index in [2.05, 4.69) is 15.0 Å². The molecule has 0 fully saturated rings. The first kappa shape index (κ1) is 12.1. The van der Waals surface area contributed by atoms with Crippen molar-refractivity contribution in [3.63, 3.8) is 0 Å². The standard InChI is InChI=1S/C10H7F3N4O/c11-10(12,13)6-3-1-5(2-4-6)7-15-8(14)17-9(18)16-7/h1-4H,(H3,14,15,16,17,18). The van der Waals surface area contributed by atoms with E-state index in [1.807, 2.05) is 0 Å². The number of aromatic amines is 1. The molecule has 0 atom stereocenters. The fourth-order valence-corrected chi connectivity index (χ4v) is 1.35. The highest BCUT2D eigenvalue weighted by molar-refractivity contribution is 5.56. The van der Waals surface area contributed by atoms with Gasteiger partial charge in [-0.15, -0.1) is 0 Å². The highest BCUT2D eigenvalue weighted by Crippen LogP contribution is 2.30. The summed E-state index contributed by atoms with van der Waals surface area (Å²) in [4.78, 5) is 20.3. The van der Waals surface area contributed by atoms with E-state index in [4.69, 9.17) is 5.73 Å². The van der Waals surface area contributed by atoms with E-state index in [1.165, 1.54) is 12.1 Å². The van der Waals surface area contributed by atoms with Crippen molar-refractivity contribution in [1.82, 2.24) is 15.0 Å². The molecule has 94 valence electrons. The quantitative estimate of drug-likeness (QED) is 0.808. The molecule has 0 spiro atoms. The van der Waals surface area contributed by atoms with Crippen LogP contribution in [-0.2, 0) is 6.18 Å². The van der Waals surface area contributed by atoms with Crippen LogP contribution in [0.3, 0.4) is 0 Å². The number of halogens is 3. The number of nitrogens with zero attached hydrogens (tertiary/aromatic N) is 2. The summed E-state index contributed by atoms with van der Waals surface area (Å²) in [6.45, 7) is 0. The van der Waals surface area contributed by atoms with Crippen LogP contribution in [0.15, 0.2) is 29.1 Å². The minimum Gasteiger partial charge on any atom is -0.368 e. The Balaban J connectivity index is 2.43. The molecule has 0 radical (unpaired) electrons. The summed E-state index contributed by atoms with van der Waals surface area (Å²) in [5.41, 5.74) is 4.10. The van der Waals surface area contributed by atoms with Crippen molar-refractivity contribution in [2.75, 3.05) is 5.73 Å². The number of alkyl halides is 3. The lowest BCUT2D eigenvalue weighted by molar-refractivity contribution is -0.137. The van der Waals surface area contributed by atoms with Gasteiger partial charge in [-0.05, 0) is 12.1 Å². The first-order chi connectivity index (χ1) is 8.36. The predicted octanol–water partition coefficient (Wildman–Crippen LogP) is 1.43. The van der Waals surface area contributed by atoms with Gasteiger partial charge in [-0.25, -0.2) is 4.79 Å². The number of anilines is 1. The molecule has 0 aliphatic heterocycles. The third kappa shape index (κ3) is 2.47. The summed E-state index contributed by atoms with van der Waals surface area (Å²) < 4.78 is 37.0.